The van der Waals surface area contributed by atoms with Crippen molar-refractivity contribution in [2.45, 2.75) is 13.0 Å². The van der Waals surface area contributed by atoms with Crippen LogP contribution in [0.25, 0.3) is 0 Å². The van der Waals surface area contributed by atoms with Crippen molar-refractivity contribution >= 4 is 43.2 Å². The van der Waals surface area contributed by atoms with E-state index in [4.69, 9.17) is 5.73 Å². The first-order chi connectivity index (χ1) is 7.59. The molecule has 1 aromatic carbocycles. The van der Waals surface area contributed by atoms with E-state index in [1.54, 1.807) is 11.3 Å². The Balaban J connectivity index is 2.38. The molecule has 0 saturated heterocycles. The van der Waals surface area contributed by atoms with E-state index in [1.807, 2.05) is 11.4 Å². The fourth-order valence-corrected chi connectivity index (χ4v) is 3.53. The second-order valence-electron chi connectivity index (χ2n) is 3.62. The molecule has 1 aromatic heterocycles. The molecule has 1 atom stereocenters. The minimum atomic E-state index is -0.0636. The van der Waals surface area contributed by atoms with E-state index in [2.05, 4.69) is 57.0 Å². The van der Waals surface area contributed by atoms with Gasteiger partial charge in [-0.3, -0.25) is 0 Å². The van der Waals surface area contributed by atoms with Gasteiger partial charge in [0.05, 0.1) is 6.04 Å². The van der Waals surface area contributed by atoms with Gasteiger partial charge in [0.1, 0.15) is 0 Å². The summed E-state index contributed by atoms with van der Waals surface area (Å²) in [6.45, 7) is 2.07. The number of rotatable bonds is 2. The molecule has 84 valence electrons. The first-order valence-corrected chi connectivity index (χ1v) is 7.30. The molecule has 1 nitrogen and oxygen atoms in total. The lowest BCUT2D eigenvalue weighted by molar-refractivity contribution is 0.887. The molecule has 16 heavy (non-hydrogen) atoms. The van der Waals surface area contributed by atoms with Gasteiger partial charge in [-0.05, 0) is 51.5 Å². The molecule has 1 unspecified atom stereocenters. The quantitative estimate of drug-likeness (QED) is 0.830. The molecule has 0 amide bonds. The van der Waals surface area contributed by atoms with Gasteiger partial charge >= 0.3 is 0 Å². The summed E-state index contributed by atoms with van der Waals surface area (Å²) < 4.78 is 2.19. The molecule has 0 spiro atoms. The van der Waals surface area contributed by atoms with Crippen molar-refractivity contribution < 1.29 is 0 Å². The van der Waals surface area contributed by atoms with E-state index in [0.29, 0.717) is 0 Å². The highest BCUT2D eigenvalue weighted by Crippen LogP contribution is 2.32. The molecule has 0 bridgehead atoms. The minimum absolute atomic E-state index is 0.0636. The number of hydrogen-bond acceptors (Lipinski definition) is 2. The highest BCUT2D eigenvalue weighted by molar-refractivity contribution is 9.10. The third kappa shape index (κ3) is 2.40. The molecule has 0 saturated carbocycles. The maximum Gasteiger partial charge on any atom is 0.0657 e. The molecule has 0 fully saturated rings. The van der Waals surface area contributed by atoms with Crippen molar-refractivity contribution in [3.63, 3.8) is 0 Å². The summed E-state index contributed by atoms with van der Waals surface area (Å²) in [6, 6.07) is 8.22. The SMILES string of the molecule is Cc1ccc(C(N)c2sccc2Br)cc1Br. The van der Waals surface area contributed by atoms with Crippen LogP contribution in [-0.4, -0.2) is 0 Å². The number of hydrogen-bond donors (Lipinski definition) is 1. The standard InChI is InChI=1S/C12H11Br2NS/c1-7-2-3-8(6-10(7)14)11(15)12-9(13)4-5-16-12/h2-6,11H,15H2,1H3. The second kappa shape index (κ2) is 5.00. The van der Waals surface area contributed by atoms with Gasteiger partial charge in [0, 0.05) is 13.8 Å². The molecular formula is C12H11Br2NS. The Bertz CT molecular complexity index is 507. The number of thiophene rings is 1. The van der Waals surface area contributed by atoms with E-state index < -0.39 is 0 Å². The average Bonchev–Trinajstić information content (AvgIpc) is 2.67. The highest BCUT2D eigenvalue weighted by Gasteiger charge is 2.14. The maximum atomic E-state index is 6.24. The Morgan fingerprint density at radius 1 is 1.19 bits per heavy atom. The van der Waals surface area contributed by atoms with Crippen LogP contribution in [0.1, 0.15) is 22.0 Å². The van der Waals surface area contributed by atoms with Crippen LogP contribution >= 0.6 is 43.2 Å². The van der Waals surface area contributed by atoms with Crippen molar-refractivity contribution in [2.75, 3.05) is 0 Å². The Kier molecular flexibility index (Phi) is 3.85. The Labute approximate surface area is 116 Å². The number of halogens is 2. The summed E-state index contributed by atoms with van der Waals surface area (Å²) in [5.74, 6) is 0. The summed E-state index contributed by atoms with van der Waals surface area (Å²) in [7, 11) is 0. The summed E-state index contributed by atoms with van der Waals surface area (Å²) in [4.78, 5) is 1.16. The third-order valence-corrected chi connectivity index (χ3v) is 5.29. The van der Waals surface area contributed by atoms with E-state index in [9.17, 15) is 0 Å². The van der Waals surface area contributed by atoms with E-state index >= 15 is 0 Å². The predicted octanol–water partition coefficient (Wildman–Crippen LogP) is 4.63. The molecule has 1 heterocycles. The first kappa shape index (κ1) is 12.3. The van der Waals surface area contributed by atoms with Crippen LogP contribution < -0.4 is 5.73 Å². The first-order valence-electron chi connectivity index (χ1n) is 4.84. The van der Waals surface area contributed by atoms with Gasteiger partial charge in [0.2, 0.25) is 0 Å². The molecular weight excluding hydrogens is 350 g/mol. The smallest absolute Gasteiger partial charge is 0.0657 e. The van der Waals surface area contributed by atoms with Gasteiger partial charge in [-0.1, -0.05) is 28.1 Å². The lowest BCUT2D eigenvalue weighted by Crippen LogP contribution is -2.10. The lowest BCUT2D eigenvalue weighted by atomic mass is 10.0. The monoisotopic (exact) mass is 359 g/mol. The van der Waals surface area contributed by atoms with Gasteiger partial charge in [0.25, 0.3) is 0 Å². The van der Waals surface area contributed by atoms with Crippen molar-refractivity contribution in [1.29, 1.82) is 0 Å². The summed E-state index contributed by atoms with van der Waals surface area (Å²) in [5.41, 5.74) is 8.59. The van der Waals surface area contributed by atoms with Crippen LogP contribution in [0.5, 0.6) is 0 Å². The summed E-state index contributed by atoms with van der Waals surface area (Å²) in [5, 5.41) is 2.04. The predicted molar refractivity (Wildman–Crippen MR) is 76.9 cm³/mol. The van der Waals surface area contributed by atoms with Crippen molar-refractivity contribution in [1.82, 2.24) is 0 Å². The Morgan fingerprint density at radius 2 is 1.94 bits per heavy atom. The van der Waals surface area contributed by atoms with Gasteiger partial charge in [-0.15, -0.1) is 11.3 Å². The third-order valence-electron chi connectivity index (χ3n) is 2.48. The highest BCUT2D eigenvalue weighted by atomic mass is 79.9. The fraction of sp³-hybridized carbons (Fsp3) is 0.167. The summed E-state index contributed by atoms with van der Waals surface area (Å²) >= 11 is 8.72. The lowest BCUT2D eigenvalue weighted by Gasteiger charge is -2.12. The zero-order chi connectivity index (χ0) is 11.7. The van der Waals surface area contributed by atoms with Crippen LogP contribution in [-0.2, 0) is 0 Å². The zero-order valence-electron chi connectivity index (χ0n) is 8.71. The second-order valence-corrected chi connectivity index (χ2v) is 6.28. The largest absolute Gasteiger partial charge is 0.320 e. The zero-order valence-corrected chi connectivity index (χ0v) is 12.7. The van der Waals surface area contributed by atoms with Crippen LogP contribution in [0.3, 0.4) is 0 Å². The molecule has 4 heteroatoms. The van der Waals surface area contributed by atoms with Crippen molar-refractivity contribution in [2.24, 2.45) is 5.73 Å². The van der Waals surface area contributed by atoms with Crippen LogP contribution in [0.15, 0.2) is 38.6 Å². The average molecular weight is 361 g/mol. The maximum absolute atomic E-state index is 6.24. The molecule has 0 radical (unpaired) electrons. The normalized spacial score (nSPS) is 12.8. The number of benzene rings is 1. The van der Waals surface area contributed by atoms with Crippen LogP contribution in [0.2, 0.25) is 0 Å². The molecule has 0 aliphatic heterocycles. The summed E-state index contributed by atoms with van der Waals surface area (Å²) in [6.07, 6.45) is 0. The molecule has 2 aromatic rings. The number of nitrogens with two attached hydrogens (primary N) is 1. The number of aryl methyl sites for hydroxylation is 1. The van der Waals surface area contributed by atoms with E-state index in [-0.39, 0.29) is 6.04 Å². The molecule has 0 aliphatic carbocycles. The van der Waals surface area contributed by atoms with E-state index in [1.165, 1.54) is 5.56 Å². The van der Waals surface area contributed by atoms with Gasteiger partial charge in [-0.2, -0.15) is 0 Å². The van der Waals surface area contributed by atoms with Crippen LogP contribution in [0, 0.1) is 6.92 Å². The topological polar surface area (TPSA) is 26.0 Å². The molecule has 2 N–H and O–H groups in total. The van der Waals surface area contributed by atoms with Gasteiger partial charge in [-0.25, -0.2) is 0 Å². The van der Waals surface area contributed by atoms with Crippen molar-refractivity contribution in [3.8, 4) is 0 Å². The van der Waals surface area contributed by atoms with Crippen LogP contribution in [0.4, 0.5) is 0 Å². The molecule has 0 aliphatic rings. The van der Waals surface area contributed by atoms with Crippen molar-refractivity contribution in [3.05, 3.63) is 54.6 Å². The molecule has 2 rings (SSSR count). The Hall–Kier alpha value is -0.160. The Morgan fingerprint density at radius 3 is 2.50 bits per heavy atom. The van der Waals surface area contributed by atoms with E-state index in [0.717, 1.165) is 19.4 Å². The minimum Gasteiger partial charge on any atom is -0.320 e. The van der Waals surface area contributed by atoms with Gasteiger partial charge in [0.15, 0.2) is 0 Å². The fourth-order valence-electron chi connectivity index (χ4n) is 1.48. The van der Waals surface area contributed by atoms with Gasteiger partial charge < -0.3 is 5.73 Å².